The van der Waals surface area contributed by atoms with Gasteiger partial charge >= 0.3 is 0 Å². The molecule has 3 aromatic carbocycles. The highest BCUT2D eigenvalue weighted by Crippen LogP contribution is 2.36. The van der Waals surface area contributed by atoms with Crippen molar-refractivity contribution in [2.24, 2.45) is 5.73 Å². The van der Waals surface area contributed by atoms with Gasteiger partial charge in [-0.3, -0.25) is 4.79 Å². The average Bonchev–Trinajstić information content (AvgIpc) is 2.90. The van der Waals surface area contributed by atoms with Crippen LogP contribution in [0.25, 0.3) is 0 Å². The van der Waals surface area contributed by atoms with Crippen LogP contribution in [0, 0.1) is 0 Å². The molecule has 0 radical (unpaired) electrons. The first-order valence-corrected chi connectivity index (χ1v) is 13.4. The van der Waals surface area contributed by atoms with E-state index in [4.69, 9.17) is 26.8 Å². The van der Waals surface area contributed by atoms with Crippen LogP contribution in [0.4, 0.5) is 0 Å². The van der Waals surface area contributed by atoms with Gasteiger partial charge in [0, 0.05) is 15.7 Å². The average molecular weight is 544 g/mol. The van der Waals surface area contributed by atoms with E-state index in [-0.39, 0.29) is 5.75 Å². The lowest BCUT2D eigenvalue weighted by molar-refractivity contribution is -0.218. The van der Waals surface area contributed by atoms with Crippen LogP contribution in [-0.2, 0) is 11.2 Å². The molecular formula is C28H30ClNO6S. The lowest BCUT2D eigenvalue weighted by Gasteiger charge is -2.41. The highest BCUT2D eigenvalue weighted by atomic mass is 35.5. The summed E-state index contributed by atoms with van der Waals surface area (Å²) < 4.78 is 11.6. The third-order valence-corrected chi connectivity index (χ3v) is 7.83. The highest BCUT2D eigenvalue weighted by molar-refractivity contribution is 7.99. The number of carbonyl (C=O) groups excluding carboxylic acids is 1. The number of aliphatic hydroxyl groups is 3. The van der Waals surface area contributed by atoms with E-state index < -0.39 is 36.4 Å². The molecule has 7 nitrogen and oxygen atoms in total. The Bertz CT molecular complexity index is 1220. The Kier molecular flexibility index (Phi) is 9.13. The topological polar surface area (TPSA) is 122 Å². The monoisotopic (exact) mass is 543 g/mol. The molecule has 0 unspecified atom stereocenters. The van der Waals surface area contributed by atoms with E-state index in [0.29, 0.717) is 34.1 Å². The van der Waals surface area contributed by atoms with E-state index in [2.05, 4.69) is 0 Å². The predicted molar refractivity (Wildman–Crippen MR) is 143 cm³/mol. The minimum Gasteiger partial charge on any atom is -0.494 e. The lowest BCUT2D eigenvalue weighted by atomic mass is 9.90. The molecule has 1 aliphatic rings. The smallest absolute Gasteiger partial charge is 0.249 e. The van der Waals surface area contributed by atoms with Crippen molar-refractivity contribution in [2.75, 3.05) is 12.4 Å². The van der Waals surface area contributed by atoms with E-state index >= 15 is 0 Å². The predicted octanol–water partition coefficient (Wildman–Crippen LogP) is 3.74. The Hall–Kier alpha value is -2.59. The third-order valence-electron chi connectivity index (χ3n) is 6.30. The van der Waals surface area contributed by atoms with E-state index in [1.165, 1.54) is 11.8 Å². The number of hydrogen-bond donors (Lipinski definition) is 4. The summed E-state index contributed by atoms with van der Waals surface area (Å²) in [5, 5.41) is 32.6. The van der Waals surface area contributed by atoms with Crippen molar-refractivity contribution in [1.29, 1.82) is 0 Å². The maximum absolute atomic E-state index is 11.7. The second kappa shape index (κ2) is 12.3. The lowest BCUT2D eigenvalue weighted by Crippen LogP contribution is -2.54. The van der Waals surface area contributed by atoms with Crippen molar-refractivity contribution in [3.8, 4) is 5.75 Å². The van der Waals surface area contributed by atoms with Crippen LogP contribution in [0.1, 0.15) is 40.1 Å². The fraction of sp³-hybridized carbons (Fsp3) is 0.321. The molecule has 1 amide bonds. The molecule has 0 aliphatic carbocycles. The quantitative estimate of drug-likeness (QED) is 0.303. The maximum Gasteiger partial charge on any atom is 0.249 e. The fourth-order valence-corrected chi connectivity index (χ4v) is 5.63. The summed E-state index contributed by atoms with van der Waals surface area (Å²) in [6.45, 7) is 2.52. The molecule has 1 saturated heterocycles. The number of nitrogens with two attached hydrogens (primary N) is 1. The van der Waals surface area contributed by atoms with Crippen molar-refractivity contribution in [1.82, 2.24) is 0 Å². The molecule has 5 N–H and O–H groups in total. The molecule has 3 aromatic rings. The van der Waals surface area contributed by atoms with Gasteiger partial charge in [-0.25, -0.2) is 0 Å². The Morgan fingerprint density at radius 3 is 2.46 bits per heavy atom. The van der Waals surface area contributed by atoms with Crippen molar-refractivity contribution >= 4 is 29.3 Å². The van der Waals surface area contributed by atoms with Crippen molar-refractivity contribution in [3.63, 3.8) is 0 Å². The minimum absolute atomic E-state index is 0.234. The summed E-state index contributed by atoms with van der Waals surface area (Å²) in [5.41, 5.74) is 8.34. The van der Waals surface area contributed by atoms with Crippen LogP contribution in [0.3, 0.4) is 0 Å². The summed E-state index contributed by atoms with van der Waals surface area (Å²) >= 11 is 7.77. The van der Waals surface area contributed by atoms with Gasteiger partial charge in [0.1, 0.15) is 30.2 Å². The van der Waals surface area contributed by atoms with Crippen LogP contribution in [0.5, 0.6) is 5.75 Å². The number of thioether (sulfide) groups is 1. The van der Waals surface area contributed by atoms with Crippen molar-refractivity contribution < 1.29 is 29.6 Å². The molecule has 0 spiro atoms. The molecule has 37 heavy (non-hydrogen) atoms. The molecular weight excluding hydrogens is 514 g/mol. The Morgan fingerprint density at radius 2 is 1.76 bits per heavy atom. The van der Waals surface area contributed by atoms with E-state index in [9.17, 15) is 20.1 Å². The fourth-order valence-electron chi connectivity index (χ4n) is 4.33. The van der Waals surface area contributed by atoms with Gasteiger partial charge in [-0.2, -0.15) is 0 Å². The summed E-state index contributed by atoms with van der Waals surface area (Å²) in [5.74, 6) is 0.473. The third kappa shape index (κ3) is 6.46. The normalized spacial score (nSPS) is 23.5. The molecule has 0 bridgehead atoms. The number of rotatable bonds is 9. The number of amides is 1. The summed E-state index contributed by atoms with van der Waals surface area (Å²) in [6.07, 6.45) is -5.20. The van der Waals surface area contributed by atoms with Gasteiger partial charge in [-0.1, -0.05) is 48.0 Å². The van der Waals surface area contributed by atoms with Crippen molar-refractivity contribution in [2.45, 2.75) is 48.8 Å². The number of benzene rings is 3. The molecule has 4 rings (SSSR count). The van der Waals surface area contributed by atoms with Crippen LogP contribution >= 0.6 is 23.4 Å². The first-order chi connectivity index (χ1) is 17.8. The molecule has 196 valence electrons. The second-order valence-corrected chi connectivity index (χ2v) is 10.3. The van der Waals surface area contributed by atoms with Crippen molar-refractivity contribution in [3.05, 3.63) is 94.0 Å². The Morgan fingerprint density at radius 1 is 1.03 bits per heavy atom. The van der Waals surface area contributed by atoms with Gasteiger partial charge in [0.2, 0.25) is 5.91 Å². The van der Waals surface area contributed by atoms with Gasteiger partial charge in [0.05, 0.1) is 18.3 Å². The summed E-state index contributed by atoms with van der Waals surface area (Å²) in [6, 6.07) is 20.0. The zero-order valence-corrected chi connectivity index (χ0v) is 21.9. The molecule has 0 aromatic heterocycles. The largest absolute Gasteiger partial charge is 0.494 e. The number of primary amides is 1. The first-order valence-electron chi connectivity index (χ1n) is 12.0. The second-order valence-electron chi connectivity index (χ2n) is 8.84. The van der Waals surface area contributed by atoms with E-state index in [0.717, 1.165) is 16.9 Å². The molecule has 1 heterocycles. The van der Waals surface area contributed by atoms with Crippen LogP contribution < -0.4 is 10.5 Å². The first kappa shape index (κ1) is 27.4. The zero-order valence-electron chi connectivity index (χ0n) is 20.3. The summed E-state index contributed by atoms with van der Waals surface area (Å²) in [7, 11) is 0. The van der Waals surface area contributed by atoms with E-state index in [1.54, 1.807) is 36.4 Å². The summed E-state index contributed by atoms with van der Waals surface area (Å²) in [4.78, 5) is 12.4. The molecule has 1 aliphatic heterocycles. The van der Waals surface area contributed by atoms with Gasteiger partial charge in [-0.15, -0.1) is 11.8 Å². The number of carbonyl (C=O) groups is 1. The van der Waals surface area contributed by atoms with Crippen LogP contribution in [0.2, 0.25) is 5.02 Å². The standard InChI is InChI=1S/C28H30ClNO6S/c1-2-35-19-10-7-16(8-11-19)13-18-14-17(9-12-21(18)29)27-26(33)25(32)24(31)22(36-27)15-37-23-6-4-3-5-20(23)28(30)34/h3-12,14,22,24-27,31-33H,2,13,15H2,1H3,(H2,30,34)/t22-,24-,25+,26-,27+/m1/s1. The SMILES string of the molecule is CCOc1ccc(Cc2cc([C@@H]3O[C@H](CSc4ccccc4C(N)=O)[C@@H](O)[C@H](O)[C@H]3O)ccc2Cl)cc1. The van der Waals surface area contributed by atoms with Gasteiger partial charge in [0.15, 0.2) is 0 Å². The molecule has 9 heteroatoms. The molecule has 5 atom stereocenters. The Labute approximate surface area is 225 Å². The van der Waals surface area contributed by atoms with Gasteiger partial charge < -0.3 is 30.5 Å². The maximum atomic E-state index is 11.7. The van der Waals surface area contributed by atoms with Gasteiger partial charge in [-0.05, 0) is 60.4 Å². The number of hydrogen-bond acceptors (Lipinski definition) is 7. The number of halogens is 1. The molecule has 0 saturated carbocycles. The number of aliphatic hydroxyl groups excluding tert-OH is 3. The Balaban J connectivity index is 1.52. The number of ether oxygens (including phenoxy) is 2. The van der Waals surface area contributed by atoms with Crippen LogP contribution in [0.15, 0.2) is 71.6 Å². The zero-order chi connectivity index (χ0) is 26.5. The molecule has 1 fully saturated rings. The minimum atomic E-state index is -1.42. The van der Waals surface area contributed by atoms with Crippen LogP contribution in [-0.4, -0.2) is 58.0 Å². The van der Waals surface area contributed by atoms with Gasteiger partial charge in [0.25, 0.3) is 0 Å². The van der Waals surface area contributed by atoms with E-state index in [1.807, 2.05) is 37.3 Å². The highest BCUT2D eigenvalue weighted by Gasteiger charge is 2.44.